The zero-order chi connectivity index (χ0) is 19.9. The fourth-order valence-electron chi connectivity index (χ4n) is 2.97. The van der Waals surface area contributed by atoms with Crippen LogP contribution in [0.5, 0.6) is 5.75 Å². The van der Waals surface area contributed by atoms with Crippen molar-refractivity contribution in [3.63, 3.8) is 0 Å². The van der Waals surface area contributed by atoms with Crippen molar-refractivity contribution in [3.05, 3.63) is 29.3 Å². The molecule has 0 aromatic heterocycles. The first-order valence-electron chi connectivity index (χ1n) is 9.57. The van der Waals surface area contributed by atoms with Crippen molar-refractivity contribution < 1.29 is 14.7 Å². The molecule has 2 N–H and O–H groups in total. The van der Waals surface area contributed by atoms with Gasteiger partial charge in [-0.3, -0.25) is 9.59 Å². The second kappa shape index (κ2) is 9.60. The molecule has 0 spiro atoms. The van der Waals surface area contributed by atoms with E-state index in [0.29, 0.717) is 30.6 Å². The minimum atomic E-state index is -0.626. The zero-order valence-corrected chi connectivity index (χ0v) is 17.1. The first-order valence-corrected chi connectivity index (χ1v) is 9.57. The number of likely N-dealkylation sites (N-methyl/N-ethyl adjacent to an activating group) is 1. The predicted molar refractivity (Wildman–Crippen MR) is 105 cm³/mol. The summed E-state index contributed by atoms with van der Waals surface area (Å²) in [6, 6.07) is 4.29. The van der Waals surface area contributed by atoms with Gasteiger partial charge in [-0.25, -0.2) is 0 Å². The summed E-state index contributed by atoms with van der Waals surface area (Å²) < 4.78 is 0. The van der Waals surface area contributed by atoms with Crippen LogP contribution in [0.1, 0.15) is 70.3 Å². The average molecular weight is 363 g/mol. The molecule has 0 saturated carbocycles. The normalized spacial score (nSPS) is 12.5. The topological polar surface area (TPSA) is 69.6 Å². The summed E-state index contributed by atoms with van der Waals surface area (Å²) in [6.07, 6.45) is 2.50. The van der Waals surface area contributed by atoms with Crippen molar-refractivity contribution in [3.8, 4) is 5.75 Å². The number of rotatable bonds is 8. The molecule has 1 atom stereocenters. The molecule has 0 saturated heterocycles. The quantitative estimate of drug-likeness (QED) is 0.740. The number of carbonyl (C=O) groups excluding carboxylic acids is 2. The first kappa shape index (κ1) is 22.0. The highest BCUT2D eigenvalue weighted by Crippen LogP contribution is 2.25. The van der Waals surface area contributed by atoms with Crippen LogP contribution in [0.2, 0.25) is 0 Å². The van der Waals surface area contributed by atoms with Crippen molar-refractivity contribution in [2.45, 2.75) is 66.8 Å². The van der Waals surface area contributed by atoms with Crippen LogP contribution in [0.3, 0.4) is 0 Å². The number of carbonyl (C=O) groups is 2. The molecule has 0 bridgehead atoms. The Labute approximate surface area is 157 Å². The van der Waals surface area contributed by atoms with E-state index < -0.39 is 11.5 Å². The number of nitrogens with zero attached hydrogens (tertiary/aromatic N) is 1. The lowest BCUT2D eigenvalue weighted by Gasteiger charge is -2.35. The Bertz CT molecular complexity index is 620. The Kier molecular flexibility index (Phi) is 8.12. The van der Waals surface area contributed by atoms with Crippen LogP contribution in [0, 0.1) is 5.41 Å². The molecule has 0 fully saturated rings. The standard InChI is InChI=1S/C21H34N2O3/c1-7-10-14-23(9-3)20(26)18(21(4,5)6)22-19(25)16-12-11-13-17(24)15(16)8-2/h11-13,18,24H,7-10,14H2,1-6H3,(H,22,25). The van der Waals surface area contributed by atoms with Gasteiger partial charge in [-0.1, -0.05) is 47.1 Å². The number of nitrogens with one attached hydrogen (secondary N) is 1. The lowest BCUT2D eigenvalue weighted by molar-refractivity contribution is -0.135. The Balaban J connectivity index is 3.11. The maximum atomic E-state index is 13.1. The van der Waals surface area contributed by atoms with E-state index in [2.05, 4.69) is 12.2 Å². The molecule has 1 unspecified atom stereocenters. The molecule has 1 aromatic rings. The molecule has 0 aliphatic carbocycles. The maximum Gasteiger partial charge on any atom is 0.252 e. The number of unbranched alkanes of at least 4 members (excludes halogenated alkanes) is 1. The molecular formula is C21H34N2O3. The Morgan fingerprint density at radius 1 is 1.19 bits per heavy atom. The van der Waals surface area contributed by atoms with Crippen LogP contribution in [0.25, 0.3) is 0 Å². The molecule has 0 aliphatic heterocycles. The van der Waals surface area contributed by atoms with E-state index in [4.69, 9.17) is 0 Å². The van der Waals surface area contributed by atoms with E-state index in [-0.39, 0.29) is 17.6 Å². The van der Waals surface area contributed by atoms with Gasteiger partial charge >= 0.3 is 0 Å². The molecule has 5 nitrogen and oxygen atoms in total. The predicted octanol–water partition coefficient (Wildman–Crippen LogP) is 3.75. The third-order valence-corrected chi connectivity index (χ3v) is 4.61. The van der Waals surface area contributed by atoms with Crippen LogP contribution in [0.15, 0.2) is 18.2 Å². The molecule has 1 aromatic carbocycles. The molecule has 1 rings (SSSR count). The van der Waals surface area contributed by atoms with E-state index in [1.54, 1.807) is 18.2 Å². The molecule has 26 heavy (non-hydrogen) atoms. The number of phenols is 1. The fourth-order valence-corrected chi connectivity index (χ4v) is 2.97. The highest BCUT2D eigenvalue weighted by Gasteiger charge is 2.35. The molecule has 0 radical (unpaired) electrons. The summed E-state index contributed by atoms with van der Waals surface area (Å²) in [7, 11) is 0. The largest absolute Gasteiger partial charge is 0.508 e. The van der Waals surface area contributed by atoms with Crippen molar-refractivity contribution in [2.75, 3.05) is 13.1 Å². The van der Waals surface area contributed by atoms with E-state index >= 15 is 0 Å². The van der Waals surface area contributed by atoms with Gasteiger partial charge < -0.3 is 15.3 Å². The third kappa shape index (κ3) is 5.48. The number of phenolic OH excluding ortho intramolecular Hbond substituents is 1. The SMILES string of the molecule is CCCCN(CC)C(=O)C(NC(=O)c1cccc(O)c1CC)C(C)(C)C. The fraction of sp³-hybridized carbons (Fsp3) is 0.619. The van der Waals surface area contributed by atoms with Gasteiger partial charge in [0.1, 0.15) is 11.8 Å². The van der Waals surface area contributed by atoms with Crippen molar-refractivity contribution in [2.24, 2.45) is 5.41 Å². The van der Waals surface area contributed by atoms with Gasteiger partial charge in [0.15, 0.2) is 0 Å². The summed E-state index contributed by atoms with van der Waals surface area (Å²) in [4.78, 5) is 27.8. The van der Waals surface area contributed by atoms with Crippen molar-refractivity contribution in [1.82, 2.24) is 10.2 Å². The number of hydrogen-bond donors (Lipinski definition) is 2. The van der Waals surface area contributed by atoms with Crippen LogP contribution in [-0.4, -0.2) is 41.0 Å². The summed E-state index contributed by atoms with van der Waals surface area (Å²) in [5, 5.41) is 12.9. The van der Waals surface area contributed by atoms with Gasteiger partial charge in [-0.15, -0.1) is 0 Å². The van der Waals surface area contributed by atoms with Crippen LogP contribution < -0.4 is 5.32 Å². The van der Waals surface area contributed by atoms with Gasteiger partial charge in [-0.2, -0.15) is 0 Å². The van der Waals surface area contributed by atoms with Gasteiger partial charge in [0.25, 0.3) is 5.91 Å². The molecule has 0 heterocycles. The van der Waals surface area contributed by atoms with E-state index in [1.807, 2.05) is 39.5 Å². The van der Waals surface area contributed by atoms with Gasteiger partial charge in [0.05, 0.1) is 0 Å². The molecular weight excluding hydrogens is 328 g/mol. The average Bonchev–Trinajstić information content (AvgIpc) is 2.58. The number of amides is 2. The maximum absolute atomic E-state index is 13.1. The molecule has 2 amide bonds. The lowest BCUT2D eigenvalue weighted by Crippen LogP contribution is -2.55. The summed E-state index contributed by atoms with van der Waals surface area (Å²) in [6.45, 7) is 13.1. The van der Waals surface area contributed by atoms with Gasteiger partial charge in [0, 0.05) is 24.2 Å². The highest BCUT2D eigenvalue weighted by molar-refractivity contribution is 5.99. The Hall–Kier alpha value is -2.04. The lowest BCUT2D eigenvalue weighted by atomic mass is 9.85. The second-order valence-corrected chi connectivity index (χ2v) is 7.70. The number of hydrogen-bond acceptors (Lipinski definition) is 3. The first-order chi connectivity index (χ1) is 12.2. The van der Waals surface area contributed by atoms with E-state index in [1.165, 1.54) is 0 Å². The second-order valence-electron chi connectivity index (χ2n) is 7.70. The van der Waals surface area contributed by atoms with Crippen LogP contribution in [-0.2, 0) is 11.2 Å². The van der Waals surface area contributed by atoms with Crippen molar-refractivity contribution in [1.29, 1.82) is 0 Å². The molecule has 146 valence electrons. The van der Waals surface area contributed by atoms with E-state index in [9.17, 15) is 14.7 Å². The van der Waals surface area contributed by atoms with Crippen LogP contribution >= 0.6 is 0 Å². The Morgan fingerprint density at radius 2 is 1.85 bits per heavy atom. The van der Waals surface area contributed by atoms with Crippen LogP contribution in [0.4, 0.5) is 0 Å². The number of aromatic hydroxyl groups is 1. The van der Waals surface area contributed by atoms with Crippen molar-refractivity contribution >= 4 is 11.8 Å². The summed E-state index contributed by atoms with van der Waals surface area (Å²) >= 11 is 0. The zero-order valence-electron chi connectivity index (χ0n) is 17.1. The molecule has 5 heteroatoms. The number of benzene rings is 1. The minimum Gasteiger partial charge on any atom is -0.508 e. The monoisotopic (exact) mass is 362 g/mol. The van der Waals surface area contributed by atoms with E-state index in [0.717, 1.165) is 12.8 Å². The minimum absolute atomic E-state index is 0.0556. The third-order valence-electron chi connectivity index (χ3n) is 4.61. The smallest absolute Gasteiger partial charge is 0.252 e. The summed E-state index contributed by atoms with van der Waals surface area (Å²) in [5.74, 6) is -0.269. The molecule has 0 aliphatic rings. The van der Waals surface area contributed by atoms with Gasteiger partial charge in [-0.05, 0) is 37.3 Å². The highest BCUT2D eigenvalue weighted by atomic mass is 16.3. The Morgan fingerprint density at radius 3 is 2.35 bits per heavy atom. The summed E-state index contributed by atoms with van der Waals surface area (Å²) in [5.41, 5.74) is 0.602. The van der Waals surface area contributed by atoms with Gasteiger partial charge in [0.2, 0.25) is 5.91 Å².